The number of aryl methyl sites for hydroxylation is 2. The Kier molecular flexibility index (Phi) is 4.58. The first-order chi connectivity index (χ1) is 12.6. The van der Waals surface area contributed by atoms with Gasteiger partial charge < -0.3 is 15.0 Å². The fraction of sp³-hybridized carbons (Fsp3) is 0.556. The van der Waals surface area contributed by atoms with Crippen LogP contribution in [0.2, 0.25) is 0 Å². The van der Waals surface area contributed by atoms with Crippen LogP contribution in [0.4, 0.5) is 5.82 Å². The van der Waals surface area contributed by atoms with E-state index in [0.717, 1.165) is 42.5 Å². The number of hydrogen-bond donors (Lipinski definition) is 1. The van der Waals surface area contributed by atoms with E-state index in [9.17, 15) is 4.79 Å². The van der Waals surface area contributed by atoms with Gasteiger partial charge in [-0.05, 0) is 32.8 Å². The highest BCUT2D eigenvalue weighted by Crippen LogP contribution is 2.24. The Morgan fingerprint density at radius 2 is 2.08 bits per heavy atom. The number of carbonyl (C=O) groups excluding carboxylic acids is 1. The number of carbonyl (C=O) groups is 1. The Hall–Kier alpha value is -2.48. The van der Waals surface area contributed by atoms with Crippen molar-refractivity contribution in [1.82, 2.24) is 25.1 Å². The lowest BCUT2D eigenvalue weighted by Gasteiger charge is -2.39. The van der Waals surface area contributed by atoms with Gasteiger partial charge in [0.2, 0.25) is 5.91 Å². The average Bonchev–Trinajstić information content (AvgIpc) is 3.21. The molecule has 0 saturated carbocycles. The van der Waals surface area contributed by atoms with Crippen molar-refractivity contribution in [3.63, 3.8) is 0 Å². The first kappa shape index (κ1) is 17.0. The largest absolute Gasteiger partial charge is 0.376 e. The van der Waals surface area contributed by atoms with Gasteiger partial charge in [-0.25, -0.2) is 14.6 Å². The molecule has 2 saturated heterocycles. The van der Waals surface area contributed by atoms with Gasteiger partial charge in [0.1, 0.15) is 12.1 Å². The van der Waals surface area contributed by atoms with E-state index in [2.05, 4.69) is 25.3 Å². The third-order valence-electron chi connectivity index (χ3n) is 4.97. The Morgan fingerprint density at radius 1 is 1.27 bits per heavy atom. The van der Waals surface area contributed by atoms with Gasteiger partial charge in [-0.1, -0.05) is 0 Å². The molecule has 1 amide bonds. The molecule has 0 spiro atoms. The van der Waals surface area contributed by atoms with Crippen molar-refractivity contribution in [3.8, 4) is 5.82 Å². The van der Waals surface area contributed by atoms with Crippen LogP contribution in [0.25, 0.3) is 5.82 Å². The van der Waals surface area contributed by atoms with Crippen molar-refractivity contribution < 1.29 is 9.53 Å². The van der Waals surface area contributed by atoms with Gasteiger partial charge in [0, 0.05) is 38.0 Å². The molecule has 1 unspecified atom stereocenters. The summed E-state index contributed by atoms with van der Waals surface area (Å²) in [6.45, 7) is 6.73. The van der Waals surface area contributed by atoms with Gasteiger partial charge in [-0.15, -0.1) is 0 Å². The molecule has 4 rings (SSSR count). The third kappa shape index (κ3) is 3.41. The van der Waals surface area contributed by atoms with Gasteiger partial charge in [0.05, 0.1) is 17.7 Å². The monoisotopic (exact) mass is 356 g/mol. The number of nitrogens with one attached hydrogen (secondary N) is 1. The van der Waals surface area contributed by atoms with Gasteiger partial charge in [-0.2, -0.15) is 5.10 Å². The van der Waals surface area contributed by atoms with Crippen molar-refractivity contribution in [2.45, 2.75) is 32.8 Å². The molecule has 8 heteroatoms. The molecule has 2 aromatic heterocycles. The fourth-order valence-electron chi connectivity index (χ4n) is 3.48. The molecule has 4 heterocycles. The van der Waals surface area contributed by atoms with E-state index in [1.165, 1.54) is 0 Å². The minimum Gasteiger partial charge on any atom is -0.376 e. The predicted molar refractivity (Wildman–Crippen MR) is 96.3 cm³/mol. The summed E-state index contributed by atoms with van der Waals surface area (Å²) in [5, 5.41) is 7.47. The van der Waals surface area contributed by atoms with E-state index < -0.39 is 0 Å². The molecule has 138 valence electrons. The summed E-state index contributed by atoms with van der Waals surface area (Å²) in [5.41, 5.74) is 1.98. The number of ether oxygens (including phenoxy) is 1. The first-order valence-electron chi connectivity index (χ1n) is 9.10. The quantitative estimate of drug-likeness (QED) is 0.861. The molecule has 0 aliphatic carbocycles. The maximum Gasteiger partial charge on any atom is 0.226 e. The molecule has 2 aliphatic heterocycles. The first-order valence-corrected chi connectivity index (χ1v) is 9.10. The summed E-state index contributed by atoms with van der Waals surface area (Å²) in [6, 6.07) is 3.93. The molecule has 2 fully saturated rings. The number of hydrogen-bond acceptors (Lipinski definition) is 6. The van der Waals surface area contributed by atoms with Crippen LogP contribution in [0.5, 0.6) is 0 Å². The predicted octanol–water partition coefficient (Wildman–Crippen LogP) is 1.01. The molecule has 8 nitrogen and oxygen atoms in total. The van der Waals surface area contributed by atoms with Gasteiger partial charge >= 0.3 is 0 Å². The standard InChI is InChI=1S/C18H24N6O2/c1-12-6-13(2)24(22-12)17-7-16(20-11-21-17)23-9-14(10-23)18(25)19-8-15-4-3-5-26-15/h6-7,11,14-15H,3-5,8-10H2,1-2H3,(H,19,25). The maximum absolute atomic E-state index is 12.3. The van der Waals surface area contributed by atoms with E-state index in [1.807, 2.05) is 30.7 Å². The molecule has 1 atom stereocenters. The molecule has 1 N–H and O–H groups in total. The second kappa shape index (κ2) is 7.03. The molecule has 0 radical (unpaired) electrons. The Bertz CT molecular complexity index is 793. The molecule has 26 heavy (non-hydrogen) atoms. The van der Waals surface area contributed by atoms with Crippen LogP contribution < -0.4 is 10.2 Å². The zero-order valence-electron chi connectivity index (χ0n) is 15.2. The average molecular weight is 356 g/mol. The van der Waals surface area contributed by atoms with Crippen LogP contribution in [0.15, 0.2) is 18.5 Å². The second-order valence-electron chi connectivity index (χ2n) is 7.06. The zero-order chi connectivity index (χ0) is 18.1. The SMILES string of the molecule is Cc1cc(C)n(-c2cc(N3CC(C(=O)NCC4CCCO4)C3)ncn2)n1. The van der Waals surface area contributed by atoms with Crippen LogP contribution in [0, 0.1) is 19.8 Å². The highest BCUT2D eigenvalue weighted by Gasteiger charge is 2.34. The van der Waals surface area contributed by atoms with Crippen molar-refractivity contribution in [2.24, 2.45) is 5.92 Å². The molecule has 2 aromatic rings. The molecule has 2 aliphatic rings. The summed E-state index contributed by atoms with van der Waals surface area (Å²) in [6.07, 6.45) is 3.85. The molecular weight excluding hydrogens is 332 g/mol. The van der Waals surface area contributed by atoms with Crippen LogP contribution in [0.1, 0.15) is 24.2 Å². The van der Waals surface area contributed by atoms with Crippen LogP contribution in [0.3, 0.4) is 0 Å². The second-order valence-corrected chi connectivity index (χ2v) is 7.06. The van der Waals surface area contributed by atoms with Crippen molar-refractivity contribution in [1.29, 1.82) is 0 Å². The fourth-order valence-corrected chi connectivity index (χ4v) is 3.48. The molecule has 0 bridgehead atoms. The van der Waals surface area contributed by atoms with E-state index in [1.54, 1.807) is 6.33 Å². The number of amides is 1. The summed E-state index contributed by atoms with van der Waals surface area (Å²) in [5.74, 6) is 1.67. The van der Waals surface area contributed by atoms with Crippen molar-refractivity contribution in [3.05, 3.63) is 29.8 Å². The van der Waals surface area contributed by atoms with E-state index in [-0.39, 0.29) is 17.9 Å². The third-order valence-corrected chi connectivity index (χ3v) is 4.97. The molecular formula is C18H24N6O2. The Balaban J connectivity index is 1.34. The highest BCUT2D eigenvalue weighted by molar-refractivity contribution is 5.81. The Morgan fingerprint density at radius 3 is 2.77 bits per heavy atom. The number of anilines is 1. The smallest absolute Gasteiger partial charge is 0.226 e. The lowest BCUT2D eigenvalue weighted by Crippen LogP contribution is -2.54. The maximum atomic E-state index is 12.3. The highest BCUT2D eigenvalue weighted by atomic mass is 16.5. The summed E-state index contributed by atoms with van der Waals surface area (Å²) >= 11 is 0. The van der Waals surface area contributed by atoms with Crippen molar-refractivity contribution in [2.75, 3.05) is 31.1 Å². The Labute approximate surface area is 152 Å². The lowest BCUT2D eigenvalue weighted by atomic mass is 9.99. The summed E-state index contributed by atoms with van der Waals surface area (Å²) in [4.78, 5) is 23.0. The van der Waals surface area contributed by atoms with E-state index in [0.29, 0.717) is 19.6 Å². The normalized spacial score (nSPS) is 20.2. The number of nitrogens with zero attached hydrogens (tertiary/aromatic N) is 5. The number of aromatic nitrogens is 4. The van der Waals surface area contributed by atoms with Crippen molar-refractivity contribution >= 4 is 11.7 Å². The van der Waals surface area contributed by atoms with Gasteiger partial charge in [0.25, 0.3) is 0 Å². The van der Waals surface area contributed by atoms with Gasteiger partial charge in [-0.3, -0.25) is 4.79 Å². The summed E-state index contributed by atoms with van der Waals surface area (Å²) in [7, 11) is 0. The van der Waals surface area contributed by atoms with Crippen LogP contribution in [-0.4, -0.2) is 58.0 Å². The number of rotatable bonds is 5. The minimum atomic E-state index is 0.00324. The van der Waals surface area contributed by atoms with E-state index >= 15 is 0 Å². The molecule has 0 aromatic carbocycles. The van der Waals surface area contributed by atoms with Gasteiger partial charge in [0.15, 0.2) is 5.82 Å². The van der Waals surface area contributed by atoms with Crippen LogP contribution >= 0.6 is 0 Å². The van der Waals surface area contributed by atoms with Crippen LogP contribution in [-0.2, 0) is 9.53 Å². The zero-order valence-corrected chi connectivity index (χ0v) is 15.2. The lowest BCUT2D eigenvalue weighted by molar-refractivity contribution is -0.126. The summed E-state index contributed by atoms with van der Waals surface area (Å²) < 4.78 is 7.35. The van der Waals surface area contributed by atoms with E-state index in [4.69, 9.17) is 4.74 Å². The minimum absolute atomic E-state index is 0.00324. The topological polar surface area (TPSA) is 85.2 Å².